The van der Waals surface area contributed by atoms with Gasteiger partial charge in [0.1, 0.15) is 11.6 Å². The second kappa shape index (κ2) is 3.48. The average molecular weight is 213 g/mol. The van der Waals surface area contributed by atoms with Crippen LogP contribution < -0.4 is 5.32 Å². The number of esters is 2. The maximum Gasteiger partial charge on any atom is 0.326 e. The van der Waals surface area contributed by atoms with Crippen LogP contribution in [-0.4, -0.2) is 36.7 Å². The van der Waals surface area contributed by atoms with E-state index in [1.54, 1.807) is 0 Å². The molecular formula is C10H15NO4. The number of hydrogen-bond acceptors (Lipinski definition) is 5. The quantitative estimate of drug-likeness (QED) is 0.653. The van der Waals surface area contributed by atoms with Gasteiger partial charge in [-0.25, -0.2) is 0 Å². The lowest BCUT2D eigenvalue weighted by molar-refractivity contribution is -0.152. The van der Waals surface area contributed by atoms with Crippen LogP contribution in [0, 0.1) is 0 Å². The van der Waals surface area contributed by atoms with Crippen molar-refractivity contribution in [1.82, 2.24) is 5.32 Å². The lowest BCUT2D eigenvalue weighted by Gasteiger charge is -2.25. The van der Waals surface area contributed by atoms with Crippen LogP contribution >= 0.6 is 0 Å². The maximum atomic E-state index is 11.6. The largest absolute Gasteiger partial charge is 0.468 e. The van der Waals surface area contributed by atoms with E-state index < -0.39 is 5.54 Å². The summed E-state index contributed by atoms with van der Waals surface area (Å²) in [6.07, 6.45) is 1.97. The molecule has 84 valence electrons. The molecule has 15 heavy (non-hydrogen) atoms. The van der Waals surface area contributed by atoms with Crippen LogP contribution in [0.4, 0.5) is 0 Å². The number of ether oxygens (including phenoxy) is 2. The first kappa shape index (κ1) is 10.4. The zero-order valence-corrected chi connectivity index (χ0v) is 8.91. The van der Waals surface area contributed by atoms with Crippen LogP contribution in [0.5, 0.6) is 0 Å². The molecule has 0 aromatic rings. The lowest BCUT2D eigenvalue weighted by Crippen LogP contribution is -2.45. The summed E-state index contributed by atoms with van der Waals surface area (Å²) in [7, 11) is 1.38. The number of fused-ring (bicyclic) bond motifs is 2. The standard InChI is InChI=1S/C10H15NO4/c1-6(12)15-8-5-10(9(13)14-2)4-3-7(8)11-10/h7-8,11H,3-5H2,1-2H3. The molecule has 2 fully saturated rings. The molecule has 1 N–H and O–H groups in total. The summed E-state index contributed by atoms with van der Waals surface area (Å²) < 4.78 is 9.92. The third-order valence-electron chi connectivity index (χ3n) is 3.24. The summed E-state index contributed by atoms with van der Waals surface area (Å²) in [5.74, 6) is -0.547. The Kier molecular flexibility index (Phi) is 2.42. The molecule has 2 saturated heterocycles. The highest BCUT2D eigenvalue weighted by Gasteiger charge is 2.56. The molecule has 0 aliphatic carbocycles. The van der Waals surface area contributed by atoms with E-state index in [2.05, 4.69) is 5.32 Å². The Balaban J connectivity index is 2.08. The molecule has 0 saturated carbocycles. The van der Waals surface area contributed by atoms with Crippen LogP contribution in [0.1, 0.15) is 26.2 Å². The van der Waals surface area contributed by atoms with E-state index >= 15 is 0 Å². The molecule has 2 aliphatic heterocycles. The Hall–Kier alpha value is -1.10. The first-order chi connectivity index (χ1) is 7.07. The first-order valence-corrected chi connectivity index (χ1v) is 5.11. The van der Waals surface area contributed by atoms with Gasteiger partial charge in [-0.1, -0.05) is 0 Å². The molecule has 2 rings (SSSR count). The Labute approximate surface area is 88.1 Å². The molecule has 3 unspecified atom stereocenters. The second-order valence-corrected chi connectivity index (χ2v) is 4.22. The Morgan fingerprint density at radius 3 is 2.80 bits per heavy atom. The van der Waals surface area contributed by atoms with Gasteiger partial charge >= 0.3 is 11.9 Å². The molecule has 5 nitrogen and oxygen atoms in total. The normalized spacial score (nSPS) is 37.7. The van der Waals surface area contributed by atoms with Crippen LogP contribution in [-0.2, 0) is 19.1 Å². The van der Waals surface area contributed by atoms with Crippen molar-refractivity contribution >= 4 is 11.9 Å². The molecule has 5 heteroatoms. The summed E-state index contributed by atoms with van der Waals surface area (Å²) in [5, 5.41) is 3.20. The predicted octanol–water partition coefficient (Wildman–Crippen LogP) is -0.0144. The summed E-state index contributed by atoms with van der Waals surface area (Å²) in [5.41, 5.74) is -0.612. The van der Waals surface area contributed by atoms with Crippen molar-refractivity contribution in [3.8, 4) is 0 Å². The molecule has 3 atom stereocenters. The molecule has 2 heterocycles. The minimum Gasteiger partial charge on any atom is -0.468 e. The van der Waals surface area contributed by atoms with Crippen molar-refractivity contribution in [3.05, 3.63) is 0 Å². The van der Waals surface area contributed by atoms with Gasteiger partial charge in [0.05, 0.1) is 7.11 Å². The van der Waals surface area contributed by atoms with Crippen molar-refractivity contribution in [3.63, 3.8) is 0 Å². The van der Waals surface area contributed by atoms with Crippen LogP contribution in [0.25, 0.3) is 0 Å². The Morgan fingerprint density at radius 1 is 1.47 bits per heavy atom. The van der Waals surface area contributed by atoms with E-state index in [1.807, 2.05) is 0 Å². The molecule has 0 radical (unpaired) electrons. The third-order valence-corrected chi connectivity index (χ3v) is 3.24. The Morgan fingerprint density at radius 2 is 2.20 bits per heavy atom. The molecule has 0 spiro atoms. The molecule has 0 amide bonds. The summed E-state index contributed by atoms with van der Waals surface area (Å²) in [4.78, 5) is 22.5. The van der Waals surface area contributed by atoms with Crippen LogP contribution in [0.2, 0.25) is 0 Å². The number of hydrogen-bond donors (Lipinski definition) is 1. The van der Waals surface area contributed by atoms with Gasteiger partial charge in [0.2, 0.25) is 0 Å². The van der Waals surface area contributed by atoms with E-state index in [1.165, 1.54) is 14.0 Å². The molecule has 2 aliphatic rings. The minimum atomic E-state index is -0.612. The zero-order chi connectivity index (χ0) is 11.1. The van der Waals surface area contributed by atoms with Crippen molar-refractivity contribution in [2.45, 2.75) is 43.9 Å². The van der Waals surface area contributed by atoms with Gasteiger partial charge in [-0.15, -0.1) is 0 Å². The number of rotatable bonds is 2. The van der Waals surface area contributed by atoms with E-state index in [4.69, 9.17) is 9.47 Å². The average Bonchev–Trinajstić information content (AvgIpc) is 2.74. The smallest absolute Gasteiger partial charge is 0.326 e. The molecule has 2 bridgehead atoms. The van der Waals surface area contributed by atoms with Gasteiger partial charge in [-0.3, -0.25) is 14.9 Å². The minimum absolute atomic E-state index is 0.105. The lowest BCUT2D eigenvalue weighted by atomic mass is 9.86. The van der Waals surface area contributed by atoms with Crippen molar-refractivity contribution in [2.24, 2.45) is 0 Å². The summed E-state index contributed by atoms with van der Waals surface area (Å²) in [6.45, 7) is 1.39. The zero-order valence-electron chi connectivity index (χ0n) is 8.91. The van der Waals surface area contributed by atoms with Gasteiger partial charge < -0.3 is 9.47 Å². The first-order valence-electron chi connectivity index (χ1n) is 5.11. The number of carbonyl (C=O) groups is 2. The Bertz CT molecular complexity index is 304. The topological polar surface area (TPSA) is 64.6 Å². The summed E-state index contributed by atoms with van der Waals surface area (Å²) >= 11 is 0. The van der Waals surface area contributed by atoms with Crippen LogP contribution in [0.3, 0.4) is 0 Å². The molecule has 0 aromatic carbocycles. The van der Waals surface area contributed by atoms with E-state index in [9.17, 15) is 9.59 Å². The van der Waals surface area contributed by atoms with Gasteiger partial charge in [0.25, 0.3) is 0 Å². The number of carbonyl (C=O) groups excluding carboxylic acids is 2. The number of methoxy groups -OCH3 is 1. The fourth-order valence-electron chi connectivity index (χ4n) is 2.60. The second-order valence-electron chi connectivity index (χ2n) is 4.22. The van der Waals surface area contributed by atoms with Crippen molar-refractivity contribution < 1.29 is 19.1 Å². The predicted molar refractivity (Wildman–Crippen MR) is 51.1 cm³/mol. The molecule has 0 aromatic heterocycles. The third kappa shape index (κ3) is 1.61. The fourth-order valence-corrected chi connectivity index (χ4v) is 2.60. The van der Waals surface area contributed by atoms with Gasteiger partial charge in [-0.2, -0.15) is 0 Å². The van der Waals surface area contributed by atoms with Gasteiger partial charge in [-0.05, 0) is 12.8 Å². The van der Waals surface area contributed by atoms with Gasteiger partial charge in [0.15, 0.2) is 0 Å². The maximum absolute atomic E-state index is 11.6. The number of nitrogens with one attached hydrogen (secondary N) is 1. The monoisotopic (exact) mass is 213 g/mol. The van der Waals surface area contributed by atoms with Crippen molar-refractivity contribution in [1.29, 1.82) is 0 Å². The highest BCUT2D eigenvalue weighted by molar-refractivity contribution is 5.82. The van der Waals surface area contributed by atoms with E-state index in [0.29, 0.717) is 6.42 Å². The van der Waals surface area contributed by atoms with E-state index in [0.717, 1.165) is 12.8 Å². The van der Waals surface area contributed by atoms with E-state index in [-0.39, 0.29) is 24.1 Å². The van der Waals surface area contributed by atoms with Crippen LogP contribution in [0.15, 0.2) is 0 Å². The highest BCUT2D eigenvalue weighted by atomic mass is 16.5. The highest BCUT2D eigenvalue weighted by Crippen LogP contribution is 2.39. The SMILES string of the molecule is COC(=O)C12CCC(N1)C(OC(C)=O)C2. The van der Waals surface area contributed by atoms with Gasteiger partial charge in [0, 0.05) is 19.4 Å². The molecular weight excluding hydrogens is 198 g/mol. The summed E-state index contributed by atoms with van der Waals surface area (Å²) in [6, 6.07) is 0.105. The van der Waals surface area contributed by atoms with Crippen molar-refractivity contribution in [2.75, 3.05) is 7.11 Å². The fraction of sp³-hybridized carbons (Fsp3) is 0.800.